The van der Waals surface area contributed by atoms with Crippen molar-refractivity contribution < 1.29 is 14.3 Å². The number of rotatable bonds is 2. The molecule has 0 spiro atoms. The van der Waals surface area contributed by atoms with Crippen LogP contribution in [0, 0.1) is 0 Å². The van der Waals surface area contributed by atoms with E-state index in [1.807, 2.05) is 0 Å². The van der Waals surface area contributed by atoms with E-state index in [1.165, 1.54) is 12.1 Å². The molecule has 2 aromatic carbocycles. The van der Waals surface area contributed by atoms with Crippen LogP contribution in [0.25, 0.3) is 0 Å². The maximum absolute atomic E-state index is 12.2. The number of thiocarbonyl (C=S) groups is 1. The summed E-state index contributed by atoms with van der Waals surface area (Å²) in [6.45, 7) is 0.135. The molecule has 1 aliphatic rings. The number of carbonyl (C=O) groups is 1. The number of anilines is 1. The molecule has 2 aromatic rings. The highest BCUT2D eigenvalue weighted by molar-refractivity contribution is 7.80. The summed E-state index contributed by atoms with van der Waals surface area (Å²) in [5, 5.41) is 6.37. The molecule has 0 atom stereocenters. The van der Waals surface area contributed by atoms with E-state index < -0.39 is 5.91 Å². The smallest absolute Gasteiger partial charge is 0.257 e. The van der Waals surface area contributed by atoms with Crippen LogP contribution in [0.4, 0.5) is 5.69 Å². The summed E-state index contributed by atoms with van der Waals surface area (Å²) in [5.41, 5.74) is 0.811. The predicted octanol–water partition coefficient (Wildman–Crippen LogP) is 4.50. The Bertz CT molecular complexity index is 845. The second-order valence-corrected chi connectivity index (χ2v) is 6.35. The van der Waals surface area contributed by atoms with Crippen LogP contribution >= 0.6 is 47.0 Å². The lowest BCUT2D eigenvalue weighted by Crippen LogP contribution is -2.34. The maximum Gasteiger partial charge on any atom is 0.257 e. The van der Waals surface area contributed by atoms with Crippen molar-refractivity contribution in [3.05, 3.63) is 51.0 Å². The average molecular weight is 404 g/mol. The monoisotopic (exact) mass is 402 g/mol. The predicted molar refractivity (Wildman–Crippen MR) is 97.7 cm³/mol. The summed E-state index contributed by atoms with van der Waals surface area (Å²) < 4.78 is 10.4. The van der Waals surface area contributed by atoms with Gasteiger partial charge in [0.05, 0.1) is 20.8 Å². The highest BCUT2D eigenvalue weighted by Crippen LogP contribution is 2.33. The molecule has 0 saturated heterocycles. The minimum Gasteiger partial charge on any atom is -0.454 e. The highest BCUT2D eigenvalue weighted by Gasteiger charge is 2.17. The number of hydrogen-bond acceptors (Lipinski definition) is 4. The number of ether oxygens (including phenoxy) is 2. The van der Waals surface area contributed by atoms with E-state index in [1.54, 1.807) is 18.2 Å². The number of benzene rings is 2. The first-order valence-corrected chi connectivity index (χ1v) is 8.15. The lowest BCUT2D eigenvalue weighted by Gasteiger charge is -2.12. The van der Waals surface area contributed by atoms with Gasteiger partial charge in [-0.1, -0.05) is 34.8 Å². The van der Waals surface area contributed by atoms with Gasteiger partial charge in [-0.05, 0) is 42.5 Å². The average Bonchev–Trinajstić information content (AvgIpc) is 3.00. The molecule has 0 bridgehead atoms. The fourth-order valence-electron chi connectivity index (χ4n) is 1.98. The molecule has 0 aromatic heterocycles. The van der Waals surface area contributed by atoms with Gasteiger partial charge in [-0.3, -0.25) is 10.1 Å². The molecule has 1 amide bonds. The topological polar surface area (TPSA) is 59.6 Å². The Morgan fingerprint density at radius 1 is 1.00 bits per heavy atom. The Balaban J connectivity index is 1.69. The summed E-state index contributed by atoms with van der Waals surface area (Å²) in [7, 11) is 0. The SMILES string of the molecule is O=C(NC(=S)Nc1cc(Cl)c(Cl)cc1Cl)c1ccc2c(c1)OCO2. The molecule has 1 heterocycles. The minimum absolute atomic E-state index is 0.0676. The third kappa shape index (κ3) is 3.67. The Labute approximate surface area is 157 Å². The van der Waals surface area contributed by atoms with E-state index in [4.69, 9.17) is 56.5 Å². The molecule has 0 unspecified atom stereocenters. The van der Waals surface area contributed by atoms with Gasteiger partial charge in [-0.2, -0.15) is 0 Å². The molecule has 0 radical (unpaired) electrons. The van der Waals surface area contributed by atoms with Gasteiger partial charge in [-0.15, -0.1) is 0 Å². The molecule has 124 valence electrons. The zero-order valence-corrected chi connectivity index (χ0v) is 14.9. The fraction of sp³-hybridized carbons (Fsp3) is 0.0667. The Kier molecular flexibility index (Phi) is 5.01. The molecular weight excluding hydrogens is 395 g/mol. The number of nitrogens with one attached hydrogen (secondary N) is 2. The number of fused-ring (bicyclic) bond motifs is 1. The van der Waals surface area contributed by atoms with Crippen LogP contribution in [-0.2, 0) is 0 Å². The van der Waals surface area contributed by atoms with Gasteiger partial charge >= 0.3 is 0 Å². The summed E-state index contributed by atoms with van der Waals surface area (Å²) in [6, 6.07) is 7.84. The van der Waals surface area contributed by atoms with Crippen LogP contribution in [0.2, 0.25) is 15.1 Å². The third-order valence-corrected chi connectivity index (χ3v) is 4.36. The van der Waals surface area contributed by atoms with Gasteiger partial charge in [0.15, 0.2) is 16.6 Å². The Morgan fingerprint density at radius 3 is 2.50 bits per heavy atom. The molecule has 0 fully saturated rings. The van der Waals surface area contributed by atoms with E-state index >= 15 is 0 Å². The summed E-state index contributed by atoms with van der Waals surface area (Å²) in [6.07, 6.45) is 0. The molecule has 24 heavy (non-hydrogen) atoms. The normalized spacial score (nSPS) is 12.0. The van der Waals surface area contributed by atoms with Crippen LogP contribution in [-0.4, -0.2) is 17.8 Å². The van der Waals surface area contributed by atoms with E-state index in [0.717, 1.165) is 0 Å². The quantitative estimate of drug-likeness (QED) is 0.571. The van der Waals surface area contributed by atoms with Crippen molar-refractivity contribution in [2.24, 2.45) is 0 Å². The highest BCUT2D eigenvalue weighted by atomic mass is 35.5. The summed E-state index contributed by atoms with van der Waals surface area (Å²) in [5.74, 6) is 0.700. The lowest BCUT2D eigenvalue weighted by molar-refractivity contribution is 0.0977. The first-order valence-electron chi connectivity index (χ1n) is 6.60. The van der Waals surface area contributed by atoms with Gasteiger partial charge in [0.25, 0.3) is 5.91 Å². The first-order chi connectivity index (χ1) is 11.4. The van der Waals surface area contributed by atoms with Gasteiger partial charge < -0.3 is 14.8 Å². The van der Waals surface area contributed by atoms with Crippen molar-refractivity contribution in [1.29, 1.82) is 0 Å². The lowest BCUT2D eigenvalue weighted by atomic mass is 10.2. The van der Waals surface area contributed by atoms with Gasteiger partial charge in [0.1, 0.15) is 0 Å². The van der Waals surface area contributed by atoms with E-state index in [2.05, 4.69) is 10.6 Å². The van der Waals surface area contributed by atoms with Crippen LogP contribution in [0.3, 0.4) is 0 Å². The summed E-state index contributed by atoms with van der Waals surface area (Å²) >= 11 is 23.0. The van der Waals surface area contributed by atoms with Crippen molar-refractivity contribution in [3.8, 4) is 11.5 Å². The molecular formula is C15H9Cl3N2O3S. The van der Waals surface area contributed by atoms with Crippen LogP contribution in [0.1, 0.15) is 10.4 Å². The van der Waals surface area contributed by atoms with Crippen LogP contribution in [0.15, 0.2) is 30.3 Å². The minimum atomic E-state index is -0.401. The Morgan fingerprint density at radius 2 is 1.71 bits per heavy atom. The van der Waals surface area contributed by atoms with Crippen molar-refractivity contribution in [1.82, 2.24) is 5.32 Å². The fourth-order valence-corrected chi connectivity index (χ4v) is 2.78. The Hall–Kier alpha value is -1.73. The zero-order chi connectivity index (χ0) is 17.3. The van der Waals surface area contributed by atoms with Crippen molar-refractivity contribution in [2.75, 3.05) is 12.1 Å². The van der Waals surface area contributed by atoms with E-state index in [0.29, 0.717) is 37.8 Å². The number of hydrogen-bond donors (Lipinski definition) is 2. The number of carbonyl (C=O) groups excluding carboxylic acids is 1. The van der Waals surface area contributed by atoms with Crippen molar-refractivity contribution in [2.45, 2.75) is 0 Å². The van der Waals surface area contributed by atoms with E-state index in [9.17, 15) is 4.79 Å². The first kappa shape index (κ1) is 17.1. The maximum atomic E-state index is 12.2. The molecule has 5 nitrogen and oxygen atoms in total. The van der Waals surface area contributed by atoms with Crippen molar-refractivity contribution in [3.63, 3.8) is 0 Å². The molecule has 1 aliphatic heterocycles. The van der Waals surface area contributed by atoms with Crippen molar-refractivity contribution >= 4 is 63.7 Å². The molecule has 3 rings (SSSR count). The summed E-state index contributed by atoms with van der Waals surface area (Å²) in [4.78, 5) is 12.2. The molecule has 0 saturated carbocycles. The standard InChI is InChI=1S/C15H9Cl3N2O3S/c16-8-4-10(18)11(5-9(8)17)19-15(24)20-14(21)7-1-2-12-13(3-7)23-6-22-12/h1-5H,6H2,(H2,19,20,21,24). The zero-order valence-electron chi connectivity index (χ0n) is 11.9. The van der Waals surface area contributed by atoms with Gasteiger partial charge in [-0.25, -0.2) is 0 Å². The van der Waals surface area contributed by atoms with Gasteiger partial charge in [0, 0.05) is 5.56 Å². The van der Waals surface area contributed by atoms with Gasteiger partial charge in [0.2, 0.25) is 6.79 Å². The van der Waals surface area contributed by atoms with Crippen LogP contribution in [0.5, 0.6) is 11.5 Å². The molecule has 0 aliphatic carbocycles. The third-order valence-electron chi connectivity index (χ3n) is 3.12. The van der Waals surface area contributed by atoms with Crippen LogP contribution < -0.4 is 20.1 Å². The molecule has 2 N–H and O–H groups in total. The second kappa shape index (κ2) is 7.03. The number of halogens is 3. The second-order valence-electron chi connectivity index (χ2n) is 4.72. The number of amides is 1. The van der Waals surface area contributed by atoms with E-state index in [-0.39, 0.29) is 11.9 Å². The largest absolute Gasteiger partial charge is 0.454 e. The molecule has 9 heteroatoms.